The zero-order valence-corrected chi connectivity index (χ0v) is 11.4. The number of aliphatic hydroxyl groups is 1. The molecule has 106 valence electrons. The molecule has 1 aromatic heterocycles. The van der Waals surface area contributed by atoms with Crippen LogP contribution in [-0.2, 0) is 0 Å². The quantitative estimate of drug-likeness (QED) is 0.688. The van der Waals surface area contributed by atoms with Crippen molar-refractivity contribution in [2.24, 2.45) is 0 Å². The molecule has 0 aliphatic rings. The van der Waals surface area contributed by atoms with Crippen LogP contribution in [0.3, 0.4) is 0 Å². The first kappa shape index (κ1) is 13.4. The largest absolute Gasteiger partial charge is 0.394 e. The molecule has 1 heterocycles. The summed E-state index contributed by atoms with van der Waals surface area (Å²) in [4.78, 5) is 14.9. The summed E-state index contributed by atoms with van der Waals surface area (Å²) in [7, 11) is 0. The van der Waals surface area contributed by atoms with Gasteiger partial charge < -0.3 is 15.4 Å². The van der Waals surface area contributed by atoms with Gasteiger partial charge in [-0.1, -0.05) is 48.5 Å². The van der Waals surface area contributed by atoms with Crippen molar-refractivity contribution >= 4 is 16.6 Å². The van der Waals surface area contributed by atoms with E-state index in [0.29, 0.717) is 11.2 Å². The van der Waals surface area contributed by atoms with Crippen LogP contribution in [0, 0.1) is 0 Å². The molecule has 0 saturated heterocycles. The van der Waals surface area contributed by atoms with E-state index in [2.05, 4.69) is 10.3 Å². The number of aliphatic hydroxyl groups excluding tert-OH is 1. The Morgan fingerprint density at radius 1 is 1.05 bits per heavy atom. The molecular formula is C17H16N2O2. The number of hydrogen-bond acceptors (Lipinski definition) is 3. The number of benzene rings is 2. The van der Waals surface area contributed by atoms with Crippen LogP contribution in [0.15, 0.2) is 65.5 Å². The van der Waals surface area contributed by atoms with E-state index in [1.165, 1.54) is 0 Å². The lowest BCUT2D eigenvalue weighted by Gasteiger charge is -2.18. The Bertz CT molecular complexity index is 796. The highest BCUT2D eigenvalue weighted by Gasteiger charge is 2.10. The van der Waals surface area contributed by atoms with Crippen LogP contribution in [0.4, 0.5) is 5.82 Å². The smallest absolute Gasteiger partial charge is 0.257 e. The van der Waals surface area contributed by atoms with Crippen molar-refractivity contribution in [3.05, 3.63) is 76.6 Å². The maximum atomic E-state index is 12.0. The van der Waals surface area contributed by atoms with Crippen LogP contribution >= 0.6 is 0 Å². The number of hydrogen-bond donors (Lipinski definition) is 3. The summed E-state index contributed by atoms with van der Waals surface area (Å²) in [6.45, 7) is -0.0567. The Balaban J connectivity index is 1.95. The number of aromatic nitrogens is 1. The van der Waals surface area contributed by atoms with E-state index in [9.17, 15) is 9.90 Å². The van der Waals surface area contributed by atoms with Gasteiger partial charge in [-0.05, 0) is 23.1 Å². The zero-order valence-electron chi connectivity index (χ0n) is 11.4. The highest BCUT2D eigenvalue weighted by molar-refractivity contribution is 5.83. The average molecular weight is 280 g/mol. The normalized spacial score (nSPS) is 12.2. The summed E-state index contributed by atoms with van der Waals surface area (Å²) in [5, 5.41) is 14.3. The minimum absolute atomic E-state index is 0.0567. The summed E-state index contributed by atoms with van der Waals surface area (Å²) in [5.41, 5.74) is 0.828. The molecule has 3 rings (SSSR count). The van der Waals surface area contributed by atoms with Crippen LogP contribution in [0.2, 0.25) is 0 Å². The third-order valence-corrected chi connectivity index (χ3v) is 3.47. The number of anilines is 1. The minimum atomic E-state index is -0.261. The number of aromatic amines is 1. The molecule has 0 aliphatic heterocycles. The van der Waals surface area contributed by atoms with E-state index in [1.807, 2.05) is 54.6 Å². The monoisotopic (exact) mass is 280 g/mol. The standard InChI is InChI=1S/C17H16N2O2/c20-11-15(12-6-2-1-3-7-12)18-16-10-13-8-4-5-9-14(13)17(21)19-16/h1-10,15,20H,11H2,(H2,18,19,21). The van der Waals surface area contributed by atoms with Gasteiger partial charge >= 0.3 is 0 Å². The van der Waals surface area contributed by atoms with Crippen LogP contribution < -0.4 is 10.9 Å². The number of nitrogens with one attached hydrogen (secondary N) is 2. The van der Waals surface area contributed by atoms with Gasteiger partial charge in [0.25, 0.3) is 5.56 Å². The van der Waals surface area contributed by atoms with Gasteiger partial charge in [0.05, 0.1) is 12.6 Å². The van der Waals surface area contributed by atoms with Crippen LogP contribution in [0.1, 0.15) is 11.6 Å². The molecule has 3 N–H and O–H groups in total. The molecule has 1 unspecified atom stereocenters. The van der Waals surface area contributed by atoms with E-state index < -0.39 is 0 Å². The fraction of sp³-hybridized carbons (Fsp3) is 0.118. The first-order valence-electron chi connectivity index (χ1n) is 6.82. The first-order chi connectivity index (χ1) is 10.3. The predicted molar refractivity (Wildman–Crippen MR) is 84.5 cm³/mol. The number of fused-ring (bicyclic) bond motifs is 1. The summed E-state index contributed by atoms with van der Waals surface area (Å²) < 4.78 is 0. The Morgan fingerprint density at radius 3 is 2.52 bits per heavy atom. The highest BCUT2D eigenvalue weighted by Crippen LogP contribution is 2.19. The summed E-state index contributed by atoms with van der Waals surface area (Å²) >= 11 is 0. The highest BCUT2D eigenvalue weighted by atomic mass is 16.3. The van der Waals surface area contributed by atoms with Gasteiger partial charge in [-0.15, -0.1) is 0 Å². The van der Waals surface area contributed by atoms with Crippen molar-refractivity contribution in [1.82, 2.24) is 4.98 Å². The minimum Gasteiger partial charge on any atom is -0.394 e. The lowest BCUT2D eigenvalue weighted by Crippen LogP contribution is -2.18. The van der Waals surface area contributed by atoms with E-state index in [-0.39, 0.29) is 18.2 Å². The second-order valence-corrected chi connectivity index (χ2v) is 4.89. The molecule has 0 amide bonds. The fourth-order valence-electron chi connectivity index (χ4n) is 2.40. The van der Waals surface area contributed by atoms with Crippen LogP contribution in [0.25, 0.3) is 10.8 Å². The molecule has 4 nitrogen and oxygen atoms in total. The lowest BCUT2D eigenvalue weighted by atomic mass is 10.1. The van der Waals surface area contributed by atoms with Gasteiger partial charge in [-0.3, -0.25) is 4.79 Å². The number of pyridine rings is 1. The van der Waals surface area contributed by atoms with Gasteiger partial charge in [0.2, 0.25) is 0 Å². The molecule has 0 aliphatic carbocycles. The number of rotatable bonds is 4. The number of H-pyrrole nitrogens is 1. The SMILES string of the molecule is O=c1[nH]c(NC(CO)c2ccccc2)cc2ccccc12. The van der Waals surface area contributed by atoms with E-state index in [1.54, 1.807) is 6.07 Å². The van der Waals surface area contributed by atoms with E-state index in [4.69, 9.17) is 0 Å². The average Bonchev–Trinajstić information content (AvgIpc) is 2.53. The second kappa shape index (κ2) is 5.81. The van der Waals surface area contributed by atoms with Crippen molar-refractivity contribution in [2.75, 3.05) is 11.9 Å². The topological polar surface area (TPSA) is 65.1 Å². The van der Waals surface area contributed by atoms with Crippen molar-refractivity contribution in [2.45, 2.75) is 6.04 Å². The Kier molecular flexibility index (Phi) is 3.71. The lowest BCUT2D eigenvalue weighted by molar-refractivity contribution is 0.276. The van der Waals surface area contributed by atoms with Crippen molar-refractivity contribution in [3.8, 4) is 0 Å². The van der Waals surface area contributed by atoms with Gasteiger partial charge in [-0.25, -0.2) is 0 Å². The molecule has 2 aromatic carbocycles. The zero-order chi connectivity index (χ0) is 14.7. The molecular weight excluding hydrogens is 264 g/mol. The Labute approximate surface area is 122 Å². The first-order valence-corrected chi connectivity index (χ1v) is 6.82. The van der Waals surface area contributed by atoms with E-state index >= 15 is 0 Å². The molecule has 0 bridgehead atoms. The predicted octanol–water partition coefficient (Wildman–Crippen LogP) is 2.67. The third-order valence-electron chi connectivity index (χ3n) is 3.47. The molecule has 0 spiro atoms. The maximum absolute atomic E-state index is 12.0. The molecule has 0 saturated carbocycles. The van der Waals surface area contributed by atoms with Crippen LogP contribution in [-0.4, -0.2) is 16.7 Å². The molecule has 4 heteroatoms. The van der Waals surface area contributed by atoms with Crippen molar-refractivity contribution in [3.63, 3.8) is 0 Å². The summed E-state index contributed by atoms with van der Waals surface area (Å²) in [5.74, 6) is 0.599. The Morgan fingerprint density at radius 2 is 1.76 bits per heavy atom. The van der Waals surface area contributed by atoms with E-state index in [0.717, 1.165) is 10.9 Å². The van der Waals surface area contributed by atoms with Gasteiger partial charge in [-0.2, -0.15) is 0 Å². The second-order valence-electron chi connectivity index (χ2n) is 4.89. The van der Waals surface area contributed by atoms with Gasteiger partial charge in [0, 0.05) is 5.39 Å². The van der Waals surface area contributed by atoms with Gasteiger partial charge in [0.15, 0.2) is 0 Å². The molecule has 3 aromatic rings. The molecule has 0 radical (unpaired) electrons. The van der Waals surface area contributed by atoms with Crippen molar-refractivity contribution < 1.29 is 5.11 Å². The molecule has 21 heavy (non-hydrogen) atoms. The molecule has 1 atom stereocenters. The fourth-order valence-corrected chi connectivity index (χ4v) is 2.40. The van der Waals surface area contributed by atoms with Crippen molar-refractivity contribution in [1.29, 1.82) is 0 Å². The van der Waals surface area contributed by atoms with Crippen LogP contribution in [0.5, 0.6) is 0 Å². The summed E-state index contributed by atoms with van der Waals surface area (Å²) in [6, 6.07) is 18.7. The maximum Gasteiger partial charge on any atom is 0.257 e. The van der Waals surface area contributed by atoms with Gasteiger partial charge in [0.1, 0.15) is 5.82 Å². The summed E-state index contributed by atoms with van der Waals surface area (Å²) in [6.07, 6.45) is 0. The third kappa shape index (κ3) is 2.80. The Hall–Kier alpha value is -2.59. The molecule has 0 fully saturated rings.